The maximum absolute atomic E-state index is 4.53. The van der Waals surface area contributed by atoms with E-state index < -0.39 is 0 Å². The van der Waals surface area contributed by atoms with Crippen LogP contribution in [-0.2, 0) is 0 Å². The van der Waals surface area contributed by atoms with Gasteiger partial charge in [-0.25, -0.2) is 5.32 Å². The number of rotatable bonds is 2. The van der Waals surface area contributed by atoms with Gasteiger partial charge in [-0.15, -0.1) is 0 Å². The molecule has 0 heterocycles. The van der Waals surface area contributed by atoms with Crippen LogP contribution in [0.1, 0.15) is 41.0 Å². The Bertz CT molecular complexity index is 71.1. The van der Waals surface area contributed by atoms with Gasteiger partial charge in [-0.3, -0.25) is 0 Å². The molecule has 0 aromatic heterocycles. The molecule has 1 heteroatoms. The summed E-state index contributed by atoms with van der Waals surface area (Å²) in [7, 11) is 0. The molecule has 0 aromatic carbocycles. The predicted octanol–water partition coefficient (Wildman–Crippen LogP) is 2.19. The minimum atomic E-state index is 0.148. The lowest BCUT2D eigenvalue weighted by Crippen LogP contribution is -2.34. The van der Waals surface area contributed by atoms with E-state index >= 15 is 0 Å². The zero-order chi connectivity index (χ0) is 7.49. The summed E-state index contributed by atoms with van der Waals surface area (Å²) in [5, 5.41) is 4.53. The average molecular weight is 128 g/mol. The lowest BCUT2D eigenvalue weighted by atomic mass is 10.1. The Balaban J connectivity index is 3.47. The van der Waals surface area contributed by atoms with Gasteiger partial charge in [-0.05, 0) is 34.1 Å². The molecule has 0 amide bonds. The van der Waals surface area contributed by atoms with E-state index in [1.54, 1.807) is 0 Å². The van der Waals surface area contributed by atoms with E-state index in [1.165, 1.54) is 0 Å². The maximum atomic E-state index is 4.53. The van der Waals surface area contributed by atoms with Crippen LogP contribution in [0, 0.1) is 0 Å². The van der Waals surface area contributed by atoms with E-state index in [4.69, 9.17) is 0 Å². The van der Waals surface area contributed by atoms with Crippen LogP contribution in [-0.4, -0.2) is 11.6 Å². The van der Waals surface area contributed by atoms with Crippen LogP contribution in [0.3, 0.4) is 0 Å². The quantitative estimate of drug-likeness (QED) is 0.541. The van der Waals surface area contributed by atoms with Crippen LogP contribution < -0.4 is 5.32 Å². The molecule has 0 aliphatic rings. The smallest absolute Gasteiger partial charge is 0.0275 e. The van der Waals surface area contributed by atoms with E-state index in [0.717, 1.165) is 6.42 Å². The Morgan fingerprint density at radius 2 is 1.78 bits per heavy atom. The first-order chi connectivity index (χ1) is 3.95. The normalized spacial score (nSPS) is 15.7. The first-order valence-electron chi connectivity index (χ1n) is 3.67. The molecule has 1 atom stereocenters. The first-order valence-corrected chi connectivity index (χ1v) is 3.67. The van der Waals surface area contributed by atoms with Crippen LogP contribution in [0.25, 0.3) is 0 Å². The molecule has 0 spiro atoms. The van der Waals surface area contributed by atoms with Crippen molar-refractivity contribution < 1.29 is 0 Å². The number of hydrogen-bond acceptors (Lipinski definition) is 0. The predicted molar refractivity (Wildman–Crippen MR) is 41.6 cm³/mol. The van der Waals surface area contributed by atoms with Gasteiger partial charge in [0.1, 0.15) is 0 Å². The van der Waals surface area contributed by atoms with Crippen molar-refractivity contribution in [2.24, 2.45) is 0 Å². The highest BCUT2D eigenvalue weighted by atomic mass is 15.0. The van der Waals surface area contributed by atoms with Crippen LogP contribution in [0.2, 0.25) is 0 Å². The van der Waals surface area contributed by atoms with Gasteiger partial charge in [-0.1, -0.05) is 6.92 Å². The van der Waals surface area contributed by atoms with E-state index in [2.05, 4.69) is 39.9 Å². The second-order valence-corrected chi connectivity index (χ2v) is 3.56. The highest BCUT2D eigenvalue weighted by Crippen LogP contribution is 2.05. The van der Waals surface area contributed by atoms with E-state index in [9.17, 15) is 0 Å². The van der Waals surface area contributed by atoms with Crippen molar-refractivity contribution in [3.8, 4) is 0 Å². The minimum Gasteiger partial charge on any atom is -0.233 e. The average Bonchev–Trinajstić information content (AvgIpc) is 1.62. The van der Waals surface area contributed by atoms with Gasteiger partial charge in [0.25, 0.3) is 0 Å². The zero-order valence-electron chi connectivity index (χ0n) is 7.23. The van der Waals surface area contributed by atoms with Crippen molar-refractivity contribution in [2.45, 2.75) is 52.6 Å². The Morgan fingerprint density at radius 1 is 1.33 bits per heavy atom. The molecule has 0 rings (SSSR count). The molecular formula is C8H18N. The third kappa shape index (κ3) is 5.84. The summed E-state index contributed by atoms with van der Waals surface area (Å²) in [6, 6.07) is 0.519. The van der Waals surface area contributed by atoms with E-state index in [-0.39, 0.29) is 5.54 Å². The molecule has 0 fully saturated rings. The van der Waals surface area contributed by atoms with Gasteiger partial charge in [0.15, 0.2) is 0 Å². The monoisotopic (exact) mass is 128 g/mol. The first kappa shape index (κ1) is 8.96. The van der Waals surface area contributed by atoms with Crippen molar-refractivity contribution in [1.82, 2.24) is 5.32 Å². The molecule has 55 valence electrons. The van der Waals surface area contributed by atoms with E-state index in [1.807, 2.05) is 0 Å². The highest BCUT2D eigenvalue weighted by molar-refractivity contribution is 4.73. The fourth-order valence-corrected chi connectivity index (χ4v) is 0.752. The summed E-state index contributed by atoms with van der Waals surface area (Å²) in [6.45, 7) is 10.7. The van der Waals surface area contributed by atoms with Gasteiger partial charge in [0, 0.05) is 11.6 Å². The van der Waals surface area contributed by atoms with Crippen molar-refractivity contribution in [2.75, 3.05) is 0 Å². The van der Waals surface area contributed by atoms with Gasteiger partial charge >= 0.3 is 0 Å². The summed E-state index contributed by atoms with van der Waals surface area (Å²) in [6.07, 6.45) is 1.15. The molecule has 0 aliphatic heterocycles. The fraction of sp³-hybridized carbons (Fsp3) is 1.00. The van der Waals surface area contributed by atoms with E-state index in [0.29, 0.717) is 6.04 Å². The van der Waals surface area contributed by atoms with Crippen molar-refractivity contribution in [1.29, 1.82) is 0 Å². The molecule has 9 heavy (non-hydrogen) atoms. The van der Waals surface area contributed by atoms with Crippen LogP contribution in [0.15, 0.2) is 0 Å². The molecule has 0 aromatic rings. The van der Waals surface area contributed by atoms with Crippen LogP contribution >= 0.6 is 0 Å². The molecule has 1 radical (unpaired) electrons. The molecule has 0 N–H and O–H groups in total. The van der Waals surface area contributed by atoms with Crippen molar-refractivity contribution in [3.63, 3.8) is 0 Å². The zero-order valence-corrected chi connectivity index (χ0v) is 7.23. The number of nitrogens with zero attached hydrogens (tertiary/aromatic N) is 1. The standard InChI is InChI=1S/C8H18N/c1-6-7(2)9-8(3,4)5/h7H,6H2,1-5H3. The second-order valence-electron chi connectivity index (χ2n) is 3.56. The van der Waals surface area contributed by atoms with Gasteiger partial charge in [-0.2, -0.15) is 0 Å². The summed E-state index contributed by atoms with van der Waals surface area (Å²) in [5.74, 6) is 0. The molecule has 0 aliphatic carbocycles. The van der Waals surface area contributed by atoms with Gasteiger partial charge in [0.05, 0.1) is 0 Å². The van der Waals surface area contributed by atoms with Crippen molar-refractivity contribution >= 4 is 0 Å². The molecule has 0 bridgehead atoms. The highest BCUT2D eigenvalue weighted by Gasteiger charge is 2.13. The SMILES string of the molecule is CCC(C)[N]C(C)(C)C. The molecule has 0 saturated carbocycles. The Kier molecular flexibility index (Phi) is 3.20. The summed E-state index contributed by atoms with van der Waals surface area (Å²) in [5.41, 5.74) is 0.148. The molecular weight excluding hydrogens is 110 g/mol. The topological polar surface area (TPSA) is 14.1 Å². The molecule has 1 unspecified atom stereocenters. The summed E-state index contributed by atoms with van der Waals surface area (Å²) >= 11 is 0. The minimum absolute atomic E-state index is 0.148. The lowest BCUT2D eigenvalue weighted by Gasteiger charge is -2.22. The fourth-order valence-electron chi connectivity index (χ4n) is 0.752. The second kappa shape index (κ2) is 3.21. The summed E-state index contributed by atoms with van der Waals surface area (Å²) in [4.78, 5) is 0. The van der Waals surface area contributed by atoms with Crippen LogP contribution in [0.5, 0.6) is 0 Å². The lowest BCUT2D eigenvalue weighted by molar-refractivity contribution is 0.356. The third-order valence-corrected chi connectivity index (χ3v) is 1.20. The van der Waals surface area contributed by atoms with Crippen molar-refractivity contribution in [3.05, 3.63) is 0 Å². The van der Waals surface area contributed by atoms with Gasteiger partial charge in [0.2, 0.25) is 0 Å². The maximum Gasteiger partial charge on any atom is 0.0275 e. The Labute approximate surface area is 58.8 Å². The molecule has 0 saturated heterocycles. The van der Waals surface area contributed by atoms with Crippen LogP contribution in [0.4, 0.5) is 0 Å². The van der Waals surface area contributed by atoms with Gasteiger partial charge < -0.3 is 0 Å². The summed E-state index contributed by atoms with van der Waals surface area (Å²) < 4.78 is 0. The third-order valence-electron chi connectivity index (χ3n) is 1.20. The molecule has 1 nitrogen and oxygen atoms in total. The Morgan fingerprint density at radius 3 is 1.89 bits per heavy atom. The largest absolute Gasteiger partial charge is 0.233 e. The number of hydrogen-bond donors (Lipinski definition) is 0. The Hall–Kier alpha value is -0.0400.